The number of aromatic amines is 2. The van der Waals surface area contributed by atoms with Crippen LogP contribution in [0.25, 0.3) is 73.2 Å². The fraction of sp³-hybridized carbons (Fsp3) is 0.0426. The van der Waals surface area contributed by atoms with Gasteiger partial charge in [0.25, 0.3) is 17.6 Å². The predicted molar refractivity (Wildman–Crippen MR) is 232 cm³/mol. The number of H-pyrrole nitrogens is 2. The van der Waals surface area contributed by atoms with E-state index in [1.54, 1.807) is 55.1 Å². The van der Waals surface area contributed by atoms with Gasteiger partial charge in [-0.15, -0.1) is 0 Å². The van der Waals surface area contributed by atoms with Crippen molar-refractivity contribution in [2.45, 2.75) is 13.8 Å². The molecule has 10 rings (SSSR count). The minimum Gasteiger partial charge on any atom is -0.399 e. The van der Waals surface area contributed by atoms with E-state index in [9.17, 15) is 9.59 Å². The van der Waals surface area contributed by atoms with E-state index in [1.807, 2.05) is 72.8 Å². The van der Waals surface area contributed by atoms with Crippen molar-refractivity contribution in [2.75, 3.05) is 10.6 Å². The van der Waals surface area contributed by atoms with E-state index in [0.29, 0.717) is 56.2 Å². The number of nitrogens with one attached hydrogen (secondary N) is 4. The quantitative estimate of drug-likeness (QED) is 0.104. The van der Waals surface area contributed by atoms with Gasteiger partial charge >= 0.3 is 11.8 Å². The molecule has 62 heavy (non-hydrogen) atoms. The van der Waals surface area contributed by atoms with Crippen LogP contribution in [0, 0.1) is 19.7 Å². The highest BCUT2D eigenvalue weighted by atomic mass is 35.5. The fourth-order valence-corrected chi connectivity index (χ4v) is 7.49. The number of aryl methyl sites for hydroxylation is 1. The summed E-state index contributed by atoms with van der Waals surface area (Å²) >= 11 is 6.61. The molecular weight excluding hydrogens is 809 g/mol. The van der Waals surface area contributed by atoms with Crippen molar-refractivity contribution >= 4 is 57.1 Å². The van der Waals surface area contributed by atoms with Gasteiger partial charge in [-0.1, -0.05) is 76.8 Å². The Bertz CT molecular complexity index is 3360. The van der Waals surface area contributed by atoms with Crippen molar-refractivity contribution in [3.63, 3.8) is 0 Å². The van der Waals surface area contributed by atoms with E-state index in [-0.39, 0.29) is 28.8 Å². The molecule has 0 aliphatic heterocycles. The summed E-state index contributed by atoms with van der Waals surface area (Å²) in [5.41, 5.74) is 8.01. The Morgan fingerprint density at radius 3 is 1.84 bits per heavy atom. The summed E-state index contributed by atoms with van der Waals surface area (Å²) in [4.78, 5) is 51.7. The largest absolute Gasteiger partial charge is 0.399 e. The molecule has 0 saturated heterocycles. The first-order valence-electron chi connectivity index (χ1n) is 19.3. The lowest BCUT2D eigenvalue weighted by atomic mass is 10.1. The van der Waals surface area contributed by atoms with Gasteiger partial charge in [0.2, 0.25) is 5.69 Å². The molecule has 15 heteroatoms. The number of rotatable bonds is 9. The smallest absolute Gasteiger partial charge is 0.382 e. The number of oxazole rings is 1. The van der Waals surface area contributed by atoms with Gasteiger partial charge in [-0.05, 0) is 65.7 Å². The number of hydrogen-bond acceptors (Lipinski definition) is 8. The number of fused-ring (bicyclic) bond motifs is 2. The van der Waals surface area contributed by atoms with Crippen LogP contribution in [0.5, 0.6) is 0 Å². The van der Waals surface area contributed by atoms with Crippen LogP contribution >= 0.6 is 11.6 Å². The standard InChI is InChI=1S/C47H31ClFN9O4/c1-25-41(47(60)53-32-14-16-36(49)34(22-32)43-55-38-20-30(24-51-45(38)57-43)28-11-7-4-8-12-28)61-26(2)58(25)40-18-17-39(62-40)46(59)52-31-13-15-35(48)33(21-31)42-54-37-19-29(23-50-44(37)56-42)27-9-5-3-6-10-27/h3-24H,1-2H3,(H3-,50,51,52,53,54,55,56,57,59,60)/p+1. The Morgan fingerprint density at radius 1 is 0.645 bits per heavy atom. The molecular formula is C47H32ClFN9O4+. The van der Waals surface area contributed by atoms with E-state index < -0.39 is 17.6 Å². The maximum Gasteiger partial charge on any atom is 0.382 e. The van der Waals surface area contributed by atoms with Gasteiger partial charge < -0.3 is 29.4 Å². The van der Waals surface area contributed by atoms with Crippen molar-refractivity contribution in [3.05, 3.63) is 168 Å². The maximum atomic E-state index is 15.2. The zero-order valence-electron chi connectivity index (χ0n) is 32.8. The third-order valence-corrected chi connectivity index (χ3v) is 10.6. The summed E-state index contributed by atoms with van der Waals surface area (Å²) in [7, 11) is 0. The number of carbonyl (C=O) groups excluding carboxylic acids is 2. The molecule has 4 aromatic carbocycles. The van der Waals surface area contributed by atoms with Gasteiger partial charge in [0.1, 0.15) is 17.5 Å². The lowest BCUT2D eigenvalue weighted by molar-refractivity contribution is -0.626. The number of amides is 2. The van der Waals surface area contributed by atoms with E-state index in [2.05, 4.69) is 40.5 Å². The molecule has 0 atom stereocenters. The molecule has 6 heterocycles. The second-order valence-corrected chi connectivity index (χ2v) is 14.8. The molecule has 10 aromatic rings. The van der Waals surface area contributed by atoms with Crippen LogP contribution < -0.4 is 15.2 Å². The van der Waals surface area contributed by atoms with Gasteiger partial charge in [-0.3, -0.25) is 9.59 Å². The molecule has 4 N–H and O–H groups in total. The number of carbonyl (C=O) groups is 2. The average molecular weight is 841 g/mol. The first-order valence-corrected chi connectivity index (χ1v) is 19.7. The Morgan fingerprint density at radius 2 is 1.21 bits per heavy atom. The summed E-state index contributed by atoms with van der Waals surface area (Å²) in [6, 6.07) is 35.9. The molecule has 6 aromatic heterocycles. The van der Waals surface area contributed by atoms with Crippen LogP contribution in [0.2, 0.25) is 5.02 Å². The highest BCUT2D eigenvalue weighted by Crippen LogP contribution is 2.32. The molecule has 0 saturated carbocycles. The van der Waals surface area contributed by atoms with E-state index in [0.717, 1.165) is 27.8 Å². The second-order valence-electron chi connectivity index (χ2n) is 14.4. The maximum absolute atomic E-state index is 15.2. The van der Waals surface area contributed by atoms with Gasteiger partial charge in [-0.2, -0.15) is 0 Å². The molecule has 0 unspecified atom stereocenters. The van der Waals surface area contributed by atoms with Gasteiger partial charge in [-0.25, -0.2) is 24.3 Å². The van der Waals surface area contributed by atoms with E-state index >= 15 is 4.39 Å². The lowest BCUT2D eigenvalue weighted by Gasteiger charge is -2.07. The lowest BCUT2D eigenvalue weighted by Crippen LogP contribution is -2.34. The van der Waals surface area contributed by atoms with Gasteiger partial charge in [0.15, 0.2) is 17.1 Å². The second kappa shape index (κ2) is 15.4. The van der Waals surface area contributed by atoms with Crippen molar-refractivity contribution in [3.8, 4) is 50.9 Å². The van der Waals surface area contributed by atoms with Crippen molar-refractivity contribution in [2.24, 2.45) is 0 Å². The van der Waals surface area contributed by atoms with Crippen LogP contribution in [0.4, 0.5) is 15.8 Å². The van der Waals surface area contributed by atoms with E-state index in [4.69, 9.17) is 20.4 Å². The Kier molecular flexibility index (Phi) is 9.45. The third kappa shape index (κ3) is 7.13. The Balaban J connectivity index is 0.845. The number of imidazole rings is 2. The molecule has 0 aliphatic carbocycles. The van der Waals surface area contributed by atoms with Crippen molar-refractivity contribution < 1.29 is 27.4 Å². The molecule has 0 fully saturated rings. The van der Waals surface area contributed by atoms with Crippen LogP contribution in [0.15, 0.2) is 143 Å². The van der Waals surface area contributed by atoms with Gasteiger partial charge in [0, 0.05) is 47.4 Å². The van der Waals surface area contributed by atoms with Crippen LogP contribution in [-0.2, 0) is 0 Å². The summed E-state index contributed by atoms with van der Waals surface area (Å²) < 4.78 is 28.7. The molecule has 13 nitrogen and oxygen atoms in total. The Hall–Kier alpha value is -8.23. The zero-order chi connectivity index (χ0) is 42.5. The number of hydrogen-bond donors (Lipinski definition) is 4. The molecule has 0 radical (unpaired) electrons. The fourth-order valence-electron chi connectivity index (χ4n) is 7.29. The van der Waals surface area contributed by atoms with Crippen LogP contribution in [0.1, 0.15) is 32.7 Å². The highest BCUT2D eigenvalue weighted by molar-refractivity contribution is 6.33. The zero-order valence-corrected chi connectivity index (χ0v) is 33.6. The van der Waals surface area contributed by atoms with Crippen molar-refractivity contribution in [1.29, 1.82) is 0 Å². The number of furan rings is 1. The predicted octanol–water partition coefficient (Wildman–Crippen LogP) is 10.3. The number of pyridine rings is 2. The third-order valence-electron chi connectivity index (χ3n) is 10.3. The SMILES string of the molecule is Cc1oc(C(=O)Nc2ccc(F)c(-c3nc4ncc(-c5ccccc5)cc4[nH]3)c2)c(C)[n+]1-c1ccc(C(=O)Nc2ccc(Cl)c(-c3nc4ncc(-c5ccccc5)cc4[nH]3)c2)o1. The minimum atomic E-state index is -0.583. The van der Waals surface area contributed by atoms with Crippen LogP contribution in [0.3, 0.4) is 0 Å². The van der Waals surface area contributed by atoms with Crippen molar-refractivity contribution in [1.82, 2.24) is 29.9 Å². The van der Waals surface area contributed by atoms with Gasteiger partial charge in [0.05, 0.1) is 34.6 Å². The summed E-state index contributed by atoms with van der Waals surface area (Å²) in [6.07, 6.45) is 3.49. The van der Waals surface area contributed by atoms with Crippen LogP contribution in [-0.4, -0.2) is 41.7 Å². The number of anilines is 2. The normalized spacial score (nSPS) is 11.4. The Labute approximate surface area is 356 Å². The number of nitrogens with zero attached hydrogens (tertiary/aromatic N) is 5. The topological polar surface area (TPSA) is 172 Å². The number of aromatic nitrogens is 7. The molecule has 2 amide bonds. The number of benzene rings is 4. The summed E-state index contributed by atoms with van der Waals surface area (Å²) in [5, 5.41) is 6.08. The molecule has 302 valence electrons. The minimum absolute atomic E-state index is 0.00676. The van der Waals surface area contributed by atoms with E-state index in [1.165, 1.54) is 24.3 Å². The first-order chi connectivity index (χ1) is 30.1. The number of halogens is 2. The summed E-state index contributed by atoms with van der Waals surface area (Å²) in [6.45, 7) is 3.34. The molecule has 0 spiro atoms. The highest BCUT2D eigenvalue weighted by Gasteiger charge is 2.32. The summed E-state index contributed by atoms with van der Waals surface area (Å²) in [5.74, 6) is -0.346. The molecule has 0 aliphatic rings. The monoisotopic (exact) mass is 840 g/mol. The average Bonchev–Trinajstić information content (AvgIpc) is 4.10. The first kappa shape index (κ1) is 38.0. The molecule has 0 bridgehead atoms.